The van der Waals surface area contributed by atoms with Gasteiger partial charge >= 0.3 is 0 Å². The van der Waals surface area contributed by atoms with E-state index in [9.17, 15) is 13.0 Å². The Bertz CT molecular complexity index is 699. The molecular formula is C26H49NO3S. The zero-order chi connectivity index (χ0) is 22.5. The van der Waals surface area contributed by atoms with Crippen LogP contribution in [0.2, 0.25) is 0 Å². The monoisotopic (exact) mass is 455 g/mol. The molecule has 0 heterocycles. The summed E-state index contributed by atoms with van der Waals surface area (Å²) in [7, 11) is -4.39. The Labute approximate surface area is 192 Å². The van der Waals surface area contributed by atoms with Crippen LogP contribution < -0.4 is 6.15 Å². The van der Waals surface area contributed by atoms with Gasteiger partial charge in [0.05, 0.1) is 4.75 Å². The van der Waals surface area contributed by atoms with E-state index in [1.165, 1.54) is 103 Å². The SMILES string of the molecule is CCCCCCCCCCCCCCCCc1cccc(C(C)(C)S(=O)(=O)[O-])c1C.[NH4+]. The van der Waals surface area contributed by atoms with Crippen LogP contribution in [0.5, 0.6) is 0 Å². The molecule has 0 amide bonds. The second kappa shape index (κ2) is 15.8. The van der Waals surface area contributed by atoms with Crippen molar-refractivity contribution >= 4 is 10.1 Å². The molecule has 182 valence electrons. The molecule has 1 aromatic carbocycles. The number of hydrogen-bond donors (Lipinski definition) is 1. The van der Waals surface area contributed by atoms with E-state index >= 15 is 0 Å². The van der Waals surface area contributed by atoms with Gasteiger partial charge in [-0.1, -0.05) is 109 Å². The van der Waals surface area contributed by atoms with Crippen LogP contribution in [0.3, 0.4) is 0 Å². The van der Waals surface area contributed by atoms with Gasteiger partial charge in [-0.05, 0) is 50.3 Å². The Kier molecular flexibility index (Phi) is 15.4. The van der Waals surface area contributed by atoms with Gasteiger partial charge in [0.1, 0.15) is 10.1 Å². The Morgan fingerprint density at radius 2 is 1.19 bits per heavy atom. The summed E-state index contributed by atoms with van der Waals surface area (Å²) in [5, 5.41) is 0. The summed E-state index contributed by atoms with van der Waals surface area (Å²) in [6.07, 6.45) is 19.8. The Morgan fingerprint density at radius 1 is 0.774 bits per heavy atom. The van der Waals surface area contributed by atoms with Gasteiger partial charge in [-0.15, -0.1) is 0 Å². The van der Waals surface area contributed by atoms with Crippen LogP contribution >= 0.6 is 0 Å². The summed E-state index contributed by atoms with van der Waals surface area (Å²) in [6, 6.07) is 5.72. The highest BCUT2D eigenvalue weighted by Crippen LogP contribution is 2.32. The molecule has 0 aromatic heterocycles. The van der Waals surface area contributed by atoms with E-state index in [-0.39, 0.29) is 6.15 Å². The third-order valence-electron chi connectivity index (χ3n) is 6.52. The highest BCUT2D eigenvalue weighted by molar-refractivity contribution is 7.86. The summed E-state index contributed by atoms with van der Waals surface area (Å²) in [5.74, 6) is 0. The molecule has 0 spiro atoms. The van der Waals surface area contributed by atoms with Crippen LogP contribution in [0.1, 0.15) is 127 Å². The molecule has 0 bridgehead atoms. The predicted octanol–water partition coefficient (Wildman–Crippen LogP) is 8.18. The molecule has 0 radical (unpaired) electrons. The van der Waals surface area contributed by atoms with Crippen molar-refractivity contribution < 1.29 is 13.0 Å². The molecule has 5 heteroatoms. The van der Waals surface area contributed by atoms with E-state index in [0.29, 0.717) is 5.56 Å². The number of hydrogen-bond acceptors (Lipinski definition) is 3. The quantitative estimate of drug-likeness (QED) is 0.189. The summed E-state index contributed by atoms with van der Waals surface area (Å²) >= 11 is 0. The molecule has 31 heavy (non-hydrogen) atoms. The third kappa shape index (κ3) is 11.0. The lowest BCUT2D eigenvalue weighted by molar-refractivity contribution is 0.427. The molecule has 0 atom stereocenters. The van der Waals surface area contributed by atoms with E-state index in [2.05, 4.69) is 13.0 Å². The van der Waals surface area contributed by atoms with Gasteiger partial charge in [-0.2, -0.15) is 0 Å². The van der Waals surface area contributed by atoms with Crippen molar-refractivity contribution in [3.8, 4) is 0 Å². The van der Waals surface area contributed by atoms with Crippen molar-refractivity contribution in [3.63, 3.8) is 0 Å². The lowest BCUT2D eigenvalue weighted by Gasteiger charge is -2.30. The normalized spacial score (nSPS) is 12.0. The van der Waals surface area contributed by atoms with E-state index in [1.54, 1.807) is 6.07 Å². The first-order chi connectivity index (χ1) is 14.2. The molecular weight excluding hydrogens is 406 g/mol. The molecule has 1 rings (SSSR count). The van der Waals surface area contributed by atoms with E-state index in [1.807, 2.05) is 13.0 Å². The third-order valence-corrected chi connectivity index (χ3v) is 7.99. The minimum Gasteiger partial charge on any atom is -0.747 e. The van der Waals surface area contributed by atoms with Gasteiger partial charge in [0, 0.05) is 0 Å². The van der Waals surface area contributed by atoms with Crippen molar-refractivity contribution in [2.75, 3.05) is 0 Å². The number of rotatable bonds is 17. The Hall–Kier alpha value is -0.910. The summed E-state index contributed by atoms with van der Waals surface area (Å²) < 4.78 is 33.6. The second-order valence-electron chi connectivity index (χ2n) is 9.40. The lowest BCUT2D eigenvalue weighted by atomic mass is 9.91. The zero-order valence-corrected chi connectivity index (χ0v) is 21.8. The fourth-order valence-corrected chi connectivity index (χ4v) is 4.74. The van der Waals surface area contributed by atoms with Crippen molar-refractivity contribution in [1.82, 2.24) is 6.15 Å². The van der Waals surface area contributed by atoms with Crippen molar-refractivity contribution in [3.05, 3.63) is 34.9 Å². The average Bonchev–Trinajstić information content (AvgIpc) is 2.68. The van der Waals surface area contributed by atoms with Crippen LogP contribution in [0, 0.1) is 6.92 Å². The largest absolute Gasteiger partial charge is 0.747 e. The maximum atomic E-state index is 11.7. The van der Waals surface area contributed by atoms with Gasteiger partial charge in [-0.3, -0.25) is 0 Å². The minimum atomic E-state index is -4.39. The highest BCUT2D eigenvalue weighted by Gasteiger charge is 2.30. The van der Waals surface area contributed by atoms with Crippen molar-refractivity contribution in [1.29, 1.82) is 0 Å². The number of benzene rings is 1. The zero-order valence-electron chi connectivity index (χ0n) is 21.0. The maximum Gasteiger partial charge on any atom is 0.104 e. The molecule has 1 aromatic rings. The molecule has 4 nitrogen and oxygen atoms in total. The molecule has 0 fully saturated rings. The molecule has 0 saturated heterocycles. The van der Waals surface area contributed by atoms with Crippen LogP contribution in [-0.4, -0.2) is 13.0 Å². The van der Waals surface area contributed by atoms with E-state index < -0.39 is 14.9 Å². The highest BCUT2D eigenvalue weighted by atomic mass is 32.2. The van der Waals surface area contributed by atoms with Crippen molar-refractivity contribution in [2.24, 2.45) is 0 Å². The van der Waals surface area contributed by atoms with E-state index in [4.69, 9.17) is 0 Å². The van der Waals surface area contributed by atoms with Gasteiger partial charge < -0.3 is 10.7 Å². The molecule has 0 aliphatic heterocycles. The number of quaternary nitrogens is 1. The smallest absolute Gasteiger partial charge is 0.104 e. The molecule has 4 N–H and O–H groups in total. The summed E-state index contributed by atoms with van der Waals surface area (Å²) in [4.78, 5) is 0. The summed E-state index contributed by atoms with van der Waals surface area (Å²) in [6.45, 7) is 7.23. The van der Waals surface area contributed by atoms with E-state index in [0.717, 1.165) is 18.4 Å². The topological polar surface area (TPSA) is 93.7 Å². The predicted molar refractivity (Wildman–Crippen MR) is 134 cm³/mol. The second-order valence-corrected chi connectivity index (χ2v) is 11.3. The standard InChI is InChI=1S/C26H46O3S.H3N/c1-5-6-7-8-9-10-11-12-13-14-15-16-17-18-20-24-21-19-22-25(23(24)2)26(3,4)30(27,28)29;/h19,21-22H,5-18,20H2,1-4H3,(H,27,28,29);1H3. The van der Waals surface area contributed by atoms with Crippen LogP contribution in [0.25, 0.3) is 0 Å². The molecule has 0 aliphatic rings. The van der Waals surface area contributed by atoms with Gasteiger partial charge in [-0.25, -0.2) is 8.42 Å². The fraction of sp³-hybridized carbons (Fsp3) is 0.769. The first-order valence-corrected chi connectivity index (χ1v) is 13.7. The fourth-order valence-electron chi connectivity index (χ4n) is 4.25. The first-order valence-electron chi connectivity index (χ1n) is 12.3. The average molecular weight is 456 g/mol. The van der Waals surface area contributed by atoms with Gasteiger partial charge in [0.2, 0.25) is 0 Å². The number of unbranched alkanes of at least 4 members (excludes halogenated alkanes) is 13. The molecule has 0 aliphatic carbocycles. The first kappa shape index (κ1) is 30.1. The Morgan fingerprint density at radius 3 is 1.61 bits per heavy atom. The maximum absolute atomic E-state index is 11.7. The minimum absolute atomic E-state index is 0. The summed E-state index contributed by atoms with van der Waals surface area (Å²) in [5.41, 5.74) is 2.76. The Balaban J connectivity index is 0.00000900. The van der Waals surface area contributed by atoms with Crippen molar-refractivity contribution in [2.45, 2.75) is 129 Å². The van der Waals surface area contributed by atoms with Gasteiger partial charge in [0.15, 0.2) is 0 Å². The van der Waals surface area contributed by atoms with Crippen LogP contribution in [0.15, 0.2) is 18.2 Å². The molecule has 0 unspecified atom stereocenters. The van der Waals surface area contributed by atoms with Crippen LogP contribution in [-0.2, 0) is 21.3 Å². The molecule has 0 saturated carbocycles. The van der Waals surface area contributed by atoms with Gasteiger partial charge in [0.25, 0.3) is 0 Å². The number of aryl methyl sites for hydroxylation is 1. The lowest BCUT2D eigenvalue weighted by Crippen LogP contribution is -2.30. The van der Waals surface area contributed by atoms with Crippen LogP contribution in [0.4, 0.5) is 0 Å².